The van der Waals surface area contributed by atoms with Crippen molar-refractivity contribution in [3.8, 4) is 46.0 Å². The molecule has 11 aromatic carbocycles. The van der Waals surface area contributed by atoms with Crippen LogP contribution in [-0.2, 0) is 25.7 Å². The first-order valence-corrected chi connectivity index (χ1v) is 38.5. The van der Waals surface area contributed by atoms with Gasteiger partial charge in [-0.15, -0.1) is 0 Å². The van der Waals surface area contributed by atoms with Gasteiger partial charge >= 0.3 is 0 Å². The van der Waals surface area contributed by atoms with Crippen molar-refractivity contribution in [2.45, 2.75) is 125 Å². The van der Waals surface area contributed by atoms with Crippen LogP contribution in [0.1, 0.15) is 170 Å². The van der Waals surface area contributed by atoms with Crippen molar-refractivity contribution in [2.75, 3.05) is 32.7 Å². The molecule has 2 heterocycles. The highest BCUT2D eigenvalue weighted by Crippen LogP contribution is 2.57. The molecule has 13 rings (SSSR count). The molecule has 0 fully saturated rings. The van der Waals surface area contributed by atoms with E-state index in [-0.39, 0.29) is 110 Å². The second-order valence-electron chi connectivity index (χ2n) is 30.2. The molecule has 1 aliphatic heterocycles. The van der Waals surface area contributed by atoms with Crippen LogP contribution in [0.2, 0.25) is 0 Å². The lowest BCUT2D eigenvalue weighted by atomic mass is 9.82. The molecule has 112 heavy (non-hydrogen) atoms. The largest absolute Gasteiger partial charge is 0.457 e. The van der Waals surface area contributed by atoms with Gasteiger partial charge in [0.25, 0.3) is 29.2 Å². The van der Waals surface area contributed by atoms with Crippen molar-refractivity contribution >= 4 is 119 Å². The smallest absolute Gasteiger partial charge is 0.262 e. The van der Waals surface area contributed by atoms with Gasteiger partial charge in [0, 0.05) is 80.0 Å². The third-order valence-electron chi connectivity index (χ3n) is 21.3. The average molecular weight is 1540 g/mol. The fraction of sp³-hybridized carbons (Fsp3) is 0.258. The first kappa shape index (κ1) is 78.3. The Morgan fingerprint density at radius 3 is 1.08 bits per heavy atom. The lowest BCUT2D eigenvalue weighted by Crippen LogP contribution is -2.49. The summed E-state index contributed by atoms with van der Waals surface area (Å²) in [6, 6.07) is 51.6. The zero-order chi connectivity index (χ0) is 80.0. The van der Waals surface area contributed by atoms with Crippen LogP contribution in [0.3, 0.4) is 0 Å². The minimum atomic E-state index is -0.815. The lowest BCUT2D eigenvalue weighted by Gasteiger charge is -2.34. The predicted octanol–water partition coefficient (Wildman–Crippen LogP) is 20.0. The van der Waals surface area contributed by atoms with E-state index < -0.39 is 66.2 Å². The molecule has 2 atom stereocenters. The minimum absolute atomic E-state index is 0.00227. The van der Waals surface area contributed by atoms with E-state index in [9.17, 15) is 9.59 Å². The van der Waals surface area contributed by atoms with Gasteiger partial charge in [0.15, 0.2) is 0 Å². The van der Waals surface area contributed by atoms with E-state index in [0.29, 0.717) is 66.1 Å². The summed E-state index contributed by atoms with van der Waals surface area (Å²) in [5, 5.41) is 8.45. The number of fused-ring (bicyclic) bond motifs is 2. The van der Waals surface area contributed by atoms with E-state index in [0.717, 1.165) is 49.4 Å². The van der Waals surface area contributed by atoms with Gasteiger partial charge < -0.3 is 39.4 Å². The Morgan fingerprint density at radius 2 is 0.741 bits per heavy atom. The number of ether oxygens (including phenoxy) is 4. The summed E-state index contributed by atoms with van der Waals surface area (Å²) in [4.78, 5) is 110. The van der Waals surface area contributed by atoms with Crippen LogP contribution in [0.25, 0.3) is 60.4 Å². The van der Waals surface area contributed by atoms with Crippen molar-refractivity contribution in [2.24, 2.45) is 0 Å². The number of aromatic nitrogens is 1. The summed E-state index contributed by atoms with van der Waals surface area (Å²) >= 11 is 12.1. The molecule has 0 spiro atoms. The number of pyridine rings is 1. The van der Waals surface area contributed by atoms with Gasteiger partial charge in [-0.05, 0) is 158 Å². The SMILES string of the molecule is C=C(Cl)C(=O)NCCN(C(=O)CN1C(=O)c2cc(Oc3ccc(C(C)C)cc3)c3c4c(Oc5ccc(C(C)C)cc5)cc5c(=C)n(CC(=O)N(CCNC(=O)C(=C)Cl)C(C)c6cccc(C)c6)c(=O)c6cc(Oc7ccc(C(C)C)cc7)c(c7c(Oc8ccc(C(C)C)cc8)cc(c2c37)C1=O)c4c56)C(C)c1cccc(C)c1. The van der Waals surface area contributed by atoms with Gasteiger partial charge in [-0.1, -0.05) is 207 Å². The van der Waals surface area contributed by atoms with Gasteiger partial charge in [0.2, 0.25) is 11.8 Å². The Balaban J connectivity index is 1.14. The van der Waals surface area contributed by atoms with Crippen LogP contribution >= 0.6 is 23.2 Å². The number of aryl methyl sites for hydroxylation is 2. The molecule has 1 aliphatic rings. The van der Waals surface area contributed by atoms with Crippen LogP contribution in [0.4, 0.5) is 0 Å². The quantitative estimate of drug-likeness (QED) is 0.0205. The number of hydrogen-bond acceptors (Lipinski definition) is 11. The molecule has 0 saturated carbocycles. The molecule has 12 aromatic rings. The number of imide groups is 1. The summed E-state index contributed by atoms with van der Waals surface area (Å²) < 4.78 is 30.8. The van der Waals surface area contributed by atoms with Gasteiger partial charge in [-0.25, -0.2) is 0 Å². The Hall–Kier alpha value is -11.8. The topological polar surface area (TPSA) is 195 Å². The highest BCUT2D eigenvalue weighted by atomic mass is 35.5. The second kappa shape index (κ2) is 32.3. The molecule has 2 unspecified atom stereocenters. The summed E-state index contributed by atoms with van der Waals surface area (Å²) in [5.74, 6) is -1.22. The Morgan fingerprint density at radius 1 is 0.411 bits per heavy atom. The molecule has 0 bridgehead atoms. The summed E-state index contributed by atoms with van der Waals surface area (Å²) in [6.45, 7) is 34.9. The second-order valence-corrected chi connectivity index (χ2v) is 31.1. The normalized spacial score (nSPS) is 12.8. The van der Waals surface area contributed by atoms with Crippen molar-refractivity contribution < 1.29 is 47.7 Å². The number of hydrogen-bond donors (Lipinski definition) is 2. The van der Waals surface area contributed by atoms with Crippen LogP contribution in [0, 0.1) is 13.8 Å². The fourth-order valence-electron chi connectivity index (χ4n) is 15.0. The summed E-state index contributed by atoms with van der Waals surface area (Å²) in [5.41, 5.74) is 7.02. The van der Waals surface area contributed by atoms with E-state index in [1.54, 1.807) is 29.2 Å². The number of amides is 6. The lowest BCUT2D eigenvalue weighted by molar-refractivity contribution is -0.134. The zero-order valence-corrected chi connectivity index (χ0v) is 66.5. The fourth-order valence-corrected chi connectivity index (χ4v) is 15.2. The molecule has 0 saturated heterocycles. The number of benzene rings is 11. The van der Waals surface area contributed by atoms with Crippen molar-refractivity contribution in [3.63, 3.8) is 0 Å². The molecular weight excluding hydrogens is 1450 g/mol. The standard InChI is InChI=1S/C93H90Cl2N6O11/c1-50(2)61-22-30-67(31-23-61)109-75-44-71-60(15)100(48-79(102)98(40-38-96-89(104)56(11)94)58(13)65-20-16-18-54(9)42-65)91(106)72-45-76(110-68-32-24-62(25-33-68)51(3)4)84-86-78(112-70-36-28-64(29-37-70)53(7)8)47-74-82-73(46-77(85(88(82)86)83(75)87(84)81(71)72)111-69-34-26-63(27-35-69)52(5)6)92(107)101(93(74)108)49-80(103)99(41-39-97-90(105)57(12)95)59(14)66-21-17-19-55(10)43-66/h16-37,42-47,50-53,58-59H,11-12,15,38-41,48-49H2,1-10,13-14H3,(H,96,104)(H,97,105). The van der Waals surface area contributed by atoms with E-state index >= 15 is 24.0 Å². The summed E-state index contributed by atoms with van der Waals surface area (Å²) in [7, 11) is 0. The third-order valence-corrected chi connectivity index (χ3v) is 21.7. The number of nitrogens with zero attached hydrogens (tertiary/aromatic N) is 4. The van der Waals surface area contributed by atoms with Crippen LogP contribution in [0.15, 0.2) is 198 Å². The number of carbonyl (C=O) groups is 6. The maximum Gasteiger partial charge on any atom is 0.262 e. The Bertz CT molecular complexity index is 5630. The maximum atomic E-state index is 16.5. The molecular formula is C93H90Cl2N6O11. The third kappa shape index (κ3) is 15.6. The van der Waals surface area contributed by atoms with Gasteiger partial charge in [0.1, 0.15) is 59.1 Å². The summed E-state index contributed by atoms with van der Waals surface area (Å²) in [6.07, 6.45) is 0. The van der Waals surface area contributed by atoms with Crippen LogP contribution in [0.5, 0.6) is 46.0 Å². The number of halogens is 2. The highest BCUT2D eigenvalue weighted by Gasteiger charge is 2.41. The van der Waals surface area contributed by atoms with Crippen molar-refractivity contribution in [1.29, 1.82) is 0 Å². The molecule has 1 aromatic heterocycles. The van der Waals surface area contributed by atoms with E-state index in [2.05, 4.69) is 79.2 Å². The first-order chi connectivity index (χ1) is 53.5. The molecule has 572 valence electrons. The zero-order valence-electron chi connectivity index (χ0n) is 65.0. The number of carbonyl (C=O) groups excluding carboxylic acids is 6. The Kier molecular flexibility index (Phi) is 22.6. The van der Waals surface area contributed by atoms with Crippen LogP contribution < -0.4 is 40.5 Å². The molecule has 0 radical (unpaired) electrons. The molecule has 2 N–H and O–H groups in total. The molecule has 17 nitrogen and oxygen atoms in total. The number of nitrogens with one attached hydrogen (secondary N) is 2. The van der Waals surface area contributed by atoms with Gasteiger partial charge in [0.05, 0.1) is 38.7 Å². The molecule has 6 amide bonds. The highest BCUT2D eigenvalue weighted by molar-refractivity contribution is 6.45. The van der Waals surface area contributed by atoms with Gasteiger partial charge in [-0.3, -0.25) is 43.0 Å². The number of rotatable bonds is 28. The molecule has 0 aliphatic carbocycles. The van der Waals surface area contributed by atoms with E-state index in [4.69, 9.17) is 48.7 Å². The van der Waals surface area contributed by atoms with E-state index in [1.807, 2.05) is 173 Å². The first-order valence-electron chi connectivity index (χ1n) is 37.8. The van der Waals surface area contributed by atoms with Crippen LogP contribution in [-0.4, -0.2) is 87.4 Å². The Labute approximate surface area is 661 Å². The van der Waals surface area contributed by atoms with E-state index in [1.165, 1.54) is 9.47 Å². The maximum absolute atomic E-state index is 16.5. The van der Waals surface area contributed by atoms with Crippen molar-refractivity contribution in [1.82, 2.24) is 29.9 Å². The minimum Gasteiger partial charge on any atom is -0.457 e. The average Bonchev–Trinajstić information content (AvgIpc) is 0.671. The molecule has 19 heteroatoms. The van der Waals surface area contributed by atoms with Crippen molar-refractivity contribution in [3.05, 3.63) is 264 Å². The predicted molar refractivity (Wildman–Crippen MR) is 447 cm³/mol. The van der Waals surface area contributed by atoms with Gasteiger partial charge in [-0.2, -0.15) is 0 Å². The monoisotopic (exact) mass is 1540 g/mol.